The Labute approximate surface area is 296 Å². The molecule has 0 spiro atoms. The zero-order valence-corrected chi connectivity index (χ0v) is 27.7. The van der Waals surface area contributed by atoms with Crippen molar-refractivity contribution in [3.63, 3.8) is 0 Å². The van der Waals surface area contributed by atoms with Gasteiger partial charge in [-0.05, 0) is 56.9 Å². The second-order valence-electron chi connectivity index (χ2n) is 13.0. The monoisotopic (exact) mass is 651 g/mol. The highest BCUT2D eigenvalue weighted by Gasteiger charge is 2.36. The molecule has 238 valence electrons. The molecule has 1 aliphatic heterocycles. The maximum Gasteiger partial charge on any atom is 0.164 e. The van der Waals surface area contributed by atoms with E-state index >= 15 is 0 Å². The summed E-state index contributed by atoms with van der Waals surface area (Å²) >= 11 is 0. The number of hydrogen-bond donors (Lipinski definition) is 1. The lowest BCUT2D eigenvalue weighted by Gasteiger charge is -2.15. The van der Waals surface area contributed by atoms with E-state index in [0.29, 0.717) is 17.5 Å². The molecule has 9 aromatic rings. The first-order chi connectivity index (χ1) is 25.3. The van der Waals surface area contributed by atoms with Crippen LogP contribution in [0.3, 0.4) is 0 Å². The molecule has 2 heterocycles. The summed E-state index contributed by atoms with van der Waals surface area (Å²) < 4.78 is 0. The number of quaternary nitrogens is 1. The van der Waals surface area contributed by atoms with E-state index in [-0.39, 0.29) is 0 Å². The molecule has 0 saturated carbocycles. The Morgan fingerprint density at radius 1 is 0.294 bits per heavy atom. The molecule has 0 unspecified atom stereocenters. The zero-order valence-electron chi connectivity index (χ0n) is 27.7. The highest BCUT2D eigenvalue weighted by atomic mass is 15.2. The maximum atomic E-state index is 5.04. The number of fused-ring (bicyclic) bond motifs is 7. The van der Waals surface area contributed by atoms with Crippen molar-refractivity contribution >= 4 is 38.6 Å². The predicted molar refractivity (Wildman–Crippen MR) is 208 cm³/mol. The first kappa shape index (κ1) is 29.2. The van der Waals surface area contributed by atoms with Crippen LogP contribution in [0, 0.1) is 0 Å². The van der Waals surface area contributed by atoms with Crippen molar-refractivity contribution in [3.05, 3.63) is 182 Å². The number of aromatic nitrogens is 3. The SMILES string of the molecule is c1ccc(-c2ccc(-c3nc(-c4ccccc4)nc(-c4ccc([NH+]5c6ccc7ccccc7c6-c6c5ccc5ccccc65)cc4)n3)cc2)cc1. The van der Waals surface area contributed by atoms with Gasteiger partial charge in [0, 0.05) is 41.0 Å². The number of nitrogens with one attached hydrogen (secondary N) is 1. The van der Waals surface area contributed by atoms with Gasteiger partial charge in [0.05, 0.1) is 11.1 Å². The Kier molecular flexibility index (Phi) is 6.86. The molecule has 0 saturated heterocycles. The Balaban J connectivity index is 1.08. The van der Waals surface area contributed by atoms with E-state index in [1.807, 2.05) is 36.4 Å². The lowest BCUT2D eigenvalue weighted by molar-refractivity contribution is -0.677. The van der Waals surface area contributed by atoms with E-state index in [0.717, 1.165) is 22.3 Å². The van der Waals surface area contributed by atoms with Gasteiger partial charge >= 0.3 is 0 Å². The van der Waals surface area contributed by atoms with Gasteiger partial charge in [-0.3, -0.25) is 0 Å². The molecule has 10 rings (SSSR count). The molecule has 4 heteroatoms. The molecular formula is C47H31N4+. The molecular weight excluding hydrogens is 621 g/mol. The first-order valence-corrected chi connectivity index (χ1v) is 17.3. The topological polar surface area (TPSA) is 43.1 Å². The van der Waals surface area contributed by atoms with Crippen LogP contribution in [0.2, 0.25) is 0 Å². The Morgan fingerprint density at radius 2 is 0.667 bits per heavy atom. The van der Waals surface area contributed by atoms with Gasteiger partial charge in [-0.2, -0.15) is 0 Å². The normalized spacial score (nSPS) is 12.2. The number of nitrogens with zero attached hydrogens (tertiary/aromatic N) is 3. The molecule has 1 aliphatic rings. The van der Waals surface area contributed by atoms with Crippen LogP contribution >= 0.6 is 0 Å². The van der Waals surface area contributed by atoms with Crippen molar-refractivity contribution < 1.29 is 4.90 Å². The van der Waals surface area contributed by atoms with Gasteiger partial charge < -0.3 is 0 Å². The van der Waals surface area contributed by atoms with Crippen molar-refractivity contribution in [2.24, 2.45) is 0 Å². The molecule has 0 radical (unpaired) electrons. The molecule has 51 heavy (non-hydrogen) atoms. The summed E-state index contributed by atoms with van der Waals surface area (Å²) in [5.41, 5.74) is 11.5. The minimum atomic E-state index is 0.645. The largest absolute Gasteiger partial charge is 0.237 e. The van der Waals surface area contributed by atoms with E-state index in [2.05, 4.69) is 146 Å². The summed E-state index contributed by atoms with van der Waals surface area (Å²) in [4.78, 5) is 16.3. The second-order valence-corrected chi connectivity index (χ2v) is 13.0. The van der Waals surface area contributed by atoms with E-state index in [9.17, 15) is 0 Å². The van der Waals surface area contributed by atoms with Gasteiger partial charge in [0.2, 0.25) is 0 Å². The molecule has 0 amide bonds. The summed E-state index contributed by atoms with van der Waals surface area (Å²) in [6.45, 7) is 0. The van der Waals surface area contributed by atoms with Gasteiger partial charge in [0.25, 0.3) is 0 Å². The van der Waals surface area contributed by atoms with E-state index in [1.54, 1.807) is 0 Å². The lowest BCUT2D eigenvalue weighted by atomic mass is 9.94. The molecule has 8 aromatic carbocycles. The van der Waals surface area contributed by atoms with Crippen LogP contribution in [0.1, 0.15) is 0 Å². The fourth-order valence-electron chi connectivity index (χ4n) is 7.53. The molecule has 1 N–H and O–H groups in total. The second kappa shape index (κ2) is 12.0. The molecule has 4 nitrogen and oxygen atoms in total. The van der Waals surface area contributed by atoms with Gasteiger partial charge in [-0.25, -0.2) is 19.9 Å². The Hall–Kier alpha value is -6.75. The third kappa shape index (κ3) is 5.01. The predicted octanol–water partition coefficient (Wildman–Crippen LogP) is 11.0. The number of benzene rings is 8. The molecule has 1 aromatic heterocycles. The van der Waals surface area contributed by atoms with Crippen molar-refractivity contribution in [1.29, 1.82) is 0 Å². The van der Waals surface area contributed by atoms with Crippen LogP contribution in [0.5, 0.6) is 0 Å². The van der Waals surface area contributed by atoms with Gasteiger partial charge in [-0.15, -0.1) is 0 Å². The third-order valence-electron chi connectivity index (χ3n) is 10.00. The third-order valence-corrected chi connectivity index (χ3v) is 10.00. The lowest BCUT2D eigenvalue weighted by Crippen LogP contribution is -2.95. The van der Waals surface area contributed by atoms with E-state index in [4.69, 9.17) is 15.0 Å². The quantitative estimate of drug-likeness (QED) is 0.201. The van der Waals surface area contributed by atoms with Crippen molar-refractivity contribution in [1.82, 2.24) is 15.0 Å². The summed E-state index contributed by atoms with van der Waals surface area (Å²) in [6, 6.07) is 64.3. The summed E-state index contributed by atoms with van der Waals surface area (Å²) in [6.07, 6.45) is 0. The molecule has 0 bridgehead atoms. The van der Waals surface area contributed by atoms with Crippen molar-refractivity contribution in [2.45, 2.75) is 0 Å². The maximum absolute atomic E-state index is 5.04. The van der Waals surface area contributed by atoms with Crippen LogP contribution < -0.4 is 4.90 Å². The average molecular weight is 652 g/mol. The van der Waals surface area contributed by atoms with E-state index < -0.39 is 0 Å². The van der Waals surface area contributed by atoms with Crippen LogP contribution in [0.4, 0.5) is 17.1 Å². The summed E-state index contributed by atoms with van der Waals surface area (Å²) in [5, 5.41) is 5.06. The number of hydrogen-bond acceptors (Lipinski definition) is 3. The summed E-state index contributed by atoms with van der Waals surface area (Å²) in [7, 11) is 0. The summed E-state index contributed by atoms with van der Waals surface area (Å²) in [5.74, 6) is 1.94. The van der Waals surface area contributed by atoms with Crippen LogP contribution in [0.25, 0.3) is 78.0 Å². The zero-order chi connectivity index (χ0) is 33.7. The standard InChI is InChI=1S/C47H30N4/c1-3-11-31(12-4-1)32-19-21-36(22-20-32)46-48-45(35-15-5-2-6-16-35)49-47(50-46)37-23-27-38(28-24-37)51-41-29-25-33-13-7-9-17-39(33)43(41)44-40-18-10-8-14-34(40)26-30-42(44)51/h1-30H/p+1. The molecule has 0 aliphatic carbocycles. The molecule has 0 atom stereocenters. The minimum Gasteiger partial charge on any atom is -0.237 e. The Bertz CT molecular complexity index is 2640. The fraction of sp³-hybridized carbons (Fsp3) is 0. The van der Waals surface area contributed by atoms with Gasteiger partial charge in [0.1, 0.15) is 17.1 Å². The first-order valence-electron chi connectivity index (χ1n) is 17.3. The molecule has 0 fully saturated rings. The average Bonchev–Trinajstić information content (AvgIpc) is 3.57. The van der Waals surface area contributed by atoms with Crippen LogP contribution in [-0.2, 0) is 0 Å². The van der Waals surface area contributed by atoms with Crippen LogP contribution in [-0.4, -0.2) is 15.0 Å². The van der Waals surface area contributed by atoms with Crippen LogP contribution in [0.15, 0.2) is 182 Å². The van der Waals surface area contributed by atoms with Crippen molar-refractivity contribution in [3.8, 4) is 56.4 Å². The fourth-order valence-corrected chi connectivity index (χ4v) is 7.53. The number of rotatable bonds is 5. The highest BCUT2D eigenvalue weighted by Crippen LogP contribution is 2.47. The minimum absolute atomic E-state index is 0.645. The van der Waals surface area contributed by atoms with Crippen molar-refractivity contribution in [2.75, 3.05) is 0 Å². The van der Waals surface area contributed by atoms with E-state index in [1.165, 1.54) is 60.2 Å². The van der Waals surface area contributed by atoms with Gasteiger partial charge in [0.15, 0.2) is 17.5 Å². The van der Waals surface area contributed by atoms with Gasteiger partial charge in [-0.1, -0.05) is 133 Å². The smallest absolute Gasteiger partial charge is 0.164 e. The highest BCUT2D eigenvalue weighted by molar-refractivity contribution is 6.13. The Morgan fingerprint density at radius 3 is 1.18 bits per heavy atom.